The average Bonchev–Trinajstić information content (AvgIpc) is 2.93. The van der Waals surface area contributed by atoms with E-state index >= 15 is 0 Å². The number of ether oxygens (including phenoxy) is 1. The number of hydrogen-bond donors (Lipinski definition) is 0. The molecule has 0 fully saturated rings. The molecule has 0 radical (unpaired) electrons. The smallest absolute Gasteiger partial charge is 0.192 e. The molecule has 3 aromatic heterocycles. The van der Waals surface area contributed by atoms with Crippen LogP contribution in [0.15, 0.2) is 30.5 Å². The molecule has 0 aromatic carbocycles. The van der Waals surface area contributed by atoms with Crippen molar-refractivity contribution in [2.75, 3.05) is 7.11 Å². The number of nitrogens with zero attached hydrogens (tertiary/aromatic N) is 3. The number of halogens is 1. The molecule has 3 rings (SSSR count). The van der Waals surface area contributed by atoms with Gasteiger partial charge in [-0.1, -0.05) is 11.6 Å². The molecule has 0 N–H and O–H groups in total. The summed E-state index contributed by atoms with van der Waals surface area (Å²) < 4.78 is 7.56. The highest BCUT2D eigenvalue weighted by molar-refractivity contribution is 7.19. The number of pyridine rings is 1. The van der Waals surface area contributed by atoms with Gasteiger partial charge >= 0.3 is 0 Å². The molecule has 6 heteroatoms. The molecule has 0 unspecified atom stereocenters. The third-order valence-electron chi connectivity index (χ3n) is 2.33. The molecule has 0 aliphatic carbocycles. The van der Waals surface area contributed by atoms with Gasteiger partial charge in [0.05, 0.1) is 22.5 Å². The predicted molar refractivity (Wildman–Crippen MR) is 67.9 cm³/mol. The Bertz CT molecular complexity index is 676. The van der Waals surface area contributed by atoms with Gasteiger partial charge in [-0.3, -0.25) is 0 Å². The quantitative estimate of drug-likeness (QED) is 0.715. The van der Waals surface area contributed by atoms with Crippen LogP contribution in [0.25, 0.3) is 16.3 Å². The first kappa shape index (κ1) is 10.6. The van der Waals surface area contributed by atoms with Gasteiger partial charge in [0.25, 0.3) is 0 Å². The second-order valence-corrected chi connectivity index (χ2v) is 5.13. The van der Waals surface area contributed by atoms with Gasteiger partial charge < -0.3 is 4.74 Å². The highest BCUT2D eigenvalue weighted by Gasteiger charge is 2.09. The van der Waals surface area contributed by atoms with Crippen molar-refractivity contribution in [3.8, 4) is 16.5 Å². The van der Waals surface area contributed by atoms with Gasteiger partial charge in [-0.2, -0.15) is 0 Å². The van der Waals surface area contributed by atoms with Crippen molar-refractivity contribution in [2.45, 2.75) is 0 Å². The van der Waals surface area contributed by atoms with Crippen LogP contribution in [0.4, 0.5) is 0 Å². The lowest BCUT2D eigenvalue weighted by Gasteiger charge is -1.97. The van der Waals surface area contributed by atoms with Crippen LogP contribution in [0.2, 0.25) is 4.34 Å². The zero-order chi connectivity index (χ0) is 11.8. The van der Waals surface area contributed by atoms with Crippen molar-refractivity contribution in [3.63, 3.8) is 0 Å². The Balaban J connectivity index is 2.13. The maximum atomic E-state index is 5.89. The molecule has 0 saturated heterocycles. The van der Waals surface area contributed by atoms with Gasteiger partial charge in [0, 0.05) is 0 Å². The van der Waals surface area contributed by atoms with E-state index < -0.39 is 0 Å². The van der Waals surface area contributed by atoms with E-state index in [1.54, 1.807) is 17.8 Å². The Hall–Kier alpha value is -1.59. The molecule has 0 aliphatic rings. The monoisotopic (exact) mass is 265 g/mol. The second-order valence-electron chi connectivity index (χ2n) is 3.41. The van der Waals surface area contributed by atoms with Crippen LogP contribution in [0.1, 0.15) is 0 Å². The molecule has 0 atom stereocenters. The Morgan fingerprint density at radius 3 is 2.88 bits per heavy atom. The van der Waals surface area contributed by atoms with Gasteiger partial charge in [-0.05, 0) is 24.3 Å². The molecule has 17 heavy (non-hydrogen) atoms. The van der Waals surface area contributed by atoms with E-state index in [1.807, 2.05) is 24.3 Å². The van der Waals surface area contributed by atoms with Gasteiger partial charge in [0.15, 0.2) is 11.5 Å². The first-order chi connectivity index (χ1) is 8.26. The van der Waals surface area contributed by atoms with Gasteiger partial charge in [0.2, 0.25) is 0 Å². The number of aromatic nitrogens is 3. The summed E-state index contributed by atoms with van der Waals surface area (Å²) in [5, 5.41) is 4.38. The third-order valence-corrected chi connectivity index (χ3v) is 3.56. The zero-order valence-corrected chi connectivity index (χ0v) is 10.5. The summed E-state index contributed by atoms with van der Waals surface area (Å²) in [5.41, 5.74) is 0.783. The molecule has 4 nitrogen and oxygen atoms in total. The number of rotatable bonds is 2. The Kier molecular flexibility index (Phi) is 2.49. The van der Waals surface area contributed by atoms with E-state index in [2.05, 4.69) is 10.1 Å². The number of thiophene rings is 1. The molecule has 0 amide bonds. The van der Waals surface area contributed by atoms with Crippen molar-refractivity contribution >= 4 is 28.6 Å². The van der Waals surface area contributed by atoms with Crippen molar-refractivity contribution in [3.05, 3.63) is 34.8 Å². The number of fused-ring (bicyclic) bond motifs is 1. The molecule has 0 aliphatic heterocycles. The van der Waals surface area contributed by atoms with Gasteiger partial charge in [-0.25, -0.2) is 9.50 Å². The minimum absolute atomic E-state index is 0.676. The van der Waals surface area contributed by atoms with Crippen LogP contribution in [0, 0.1) is 0 Å². The molecular weight excluding hydrogens is 258 g/mol. The highest BCUT2D eigenvalue weighted by Crippen LogP contribution is 2.29. The van der Waals surface area contributed by atoms with Crippen LogP contribution >= 0.6 is 22.9 Å². The largest absolute Gasteiger partial charge is 0.495 e. The molecular formula is C11H8ClN3OS. The van der Waals surface area contributed by atoms with Crippen LogP contribution < -0.4 is 4.74 Å². The Morgan fingerprint density at radius 1 is 1.29 bits per heavy atom. The molecule has 3 heterocycles. The van der Waals surface area contributed by atoms with Gasteiger partial charge in [0.1, 0.15) is 5.75 Å². The summed E-state index contributed by atoms with van der Waals surface area (Å²) in [7, 11) is 1.62. The normalized spacial score (nSPS) is 10.9. The van der Waals surface area contributed by atoms with Gasteiger partial charge in [-0.15, -0.1) is 16.4 Å². The lowest BCUT2D eigenvalue weighted by atomic mass is 10.4. The molecule has 0 saturated carbocycles. The lowest BCUT2D eigenvalue weighted by molar-refractivity contribution is 0.411. The first-order valence-corrected chi connectivity index (χ1v) is 6.12. The minimum Gasteiger partial charge on any atom is -0.495 e. The third kappa shape index (κ3) is 1.87. The summed E-state index contributed by atoms with van der Waals surface area (Å²) in [6.45, 7) is 0. The molecule has 0 spiro atoms. The molecule has 86 valence electrons. The van der Waals surface area contributed by atoms with Crippen LogP contribution in [0.5, 0.6) is 5.75 Å². The lowest BCUT2D eigenvalue weighted by Crippen LogP contribution is -1.89. The van der Waals surface area contributed by atoms with Crippen molar-refractivity contribution in [2.24, 2.45) is 0 Å². The van der Waals surface area contributed by atoms with E-state index in [9.17, 15) is 0 Å². The zero-order valence-electron chi connectivity index (χ0n) is 8.92. The summed E-state index contributed by atoms with van der Waals surface area (Å²) in [6, 6.07) is 7.48. The second kappa shape index (κ2) is 4.01. The fraction of sp³-hybridized carbons (Fsp3) is 0.0909. The standard InChI is InChI=1S/C11H8ClN3OS/c1-16-7-2-5-10-13-11(14-15(10)6-7)8-3-4-9(12)17-8/h2-6H,1H3. The summed E-state index contributed by atoms with van der Waals surface area (Å²) in [6.07, 6.45) is 1.79. The molecule has 3 aromatic rings. The number of methoxy groups -OCH3 is 1. The SMILES string of the molecule is COc1ccc2nc(-c3ccc(Cl)s3)nn2c1. The Morgan fingerprint density at radius 2 is 2.18 bits per heavy atom. The van der Waals surface area contributed by atoms with E-state index in [0.29, 0.717) is 5.82 Å². The summed E-state index contributed by atoms with van der Waals surface area (Å²) in [5.74, 6) is 1.42. The van der Waals surface area contributed by atoms with E-state index in [0.717, 1.165) is 20.6 Å². The van der Waals surface area contributed by atoms with Crippen molar-refractivity contribution in [1.29, 1.82) is 0 Å². The predicted octanol–water partition coefficient (Wildman–Crippen LogP) is 3.12. The minimum atomic E-state index is 0.676. The van der Waals surface area contributed by atoms with E-state index in [-0.39, 0.29) is 0 Å². The maximum absolute atomic E-state index is 5.89. The fourth-order valence-corrected chi connectivity index (χ4v) is 2.50. The highest BCUT2D eigenvalue weighted by atomic mass is 35.5. The maximum Gasteiger partial charge on any atom is 0.192 e. The van der Waals surface area contributed by atoms with Crippen molar-refractivity contribution < 1.29 is 4.74 Å². The van der Waals surface area contributed by atoms with Crippen LogP contribution in [0.3, 0.4) is 0 Å². The first-order valence-electron chi connectivity index (χ1n) is 4.92. The summed E-state index contributed by atoms with van der Waals surface area (Å²) >= 11 is 7.35. The van der Waals surface area contributed by atoms with E-state index in [1.165, 1.54) is 11.3 Å². The van der Waals surface area contributed by atoms with Crippen LogP contribution in [-0.4, -0.2) is 21.7 Å². The summed E-state index contributed by atoms with van der Waals surface area (Å²) in [4.78, 5) is 5.38. The fourth-order valence-electron chi connectivity index (χ4n) is 1.52. The average molecular weight is 266 g/mol. The number of hydrogen-bond acceptors (Lipinski definition) is 4. The van der Waals surface area contributed by atoms with Crippen LogP contribution in [-0.2, 0) is 0 Å². The topological polar surface area (TPSA) is 39.4 Å². The molecule has 0 bridgehead atoms. The van der Waals surface area contributed by atoms with Crippen molar-refractivity contribution in [1.82, 2.24) is 14.6 Å². The Labute approximate surface area is 106 Å². The van der Waals surface area contributed by atoms with E-state index in [4.69, 9.17) is 16.3 Å².